The highest BCUT2D eigenvalue weighted by Gasteiger charge is 2.37. The molecule has 1 amide bonds. The van der Waals surface area contributed by atoms with E-state index in [1.54, 1.807) is 0 Å². The van der Waals surface area contributed by atoms with Crippen LogP contribution < -0.4 is 5.32 Å². The first-order valence-corrected chi connectivity index (χ1v) is 6.98. The van der Waals surface area contributed by atoms with E-state index in [2.05, 4.69) is 24.2 Å². The molecule has 104 valence electrons. The number of carbonyl (C=O) groups excluding carboxylic acids is 1. The van der Waals surface area contributed by atoms with Crippen LogP contribution in [-0.2, 0) is 9.53 Å². The Morgan fingerprint density at radius 3 is 2.94 bits per heavy atom. The van der Waals surface area contributed by atoms with E-state index >= 15 is 0 Å². The molecule has 5 nitrogen and oxygen atoms in total. The highest BCUT2D eigenvalue weighted by atomic mass is 16.5. The average molecular weight is 255 g/mol. The van der Waals surface area contributed by atoms with Gasteiger partial charge in [-0.05, 0) is 20.4 Å². The van der Waals surface area contributed by atoms with E-state index in [1.165, 1.54) is 0 Å². The van der Waals surface area contributed by atoms with Crippen LogP contribution >= 0.6 is 0 Å². The molecule has 2 aliphatic heterocycles. The number of hydrogen-bond donors (Lipinski definition) is 1. The fourth-order valence-corrected chi connectivity index (χ4v) is 2.78. The normalized spacial score (nSPS) is 34.3. The maximum Gasteiger partial charge on any atom is 0.240 e. The minimum Gasteiger partial charge on any atom is -0.374 e. The van der Waals surface area contributed by atoms with Gasteiger partial charge >= 0.3 is 0 Å². The SMILES string of the molecule is CCCC1NC(C)C(=O)N1CC1CN(C)CCO1. The Morgan fingerprint density at radius 1 is 1.50 bits per heavy atom. The first-order valence-electron chi connectivity index (χ1n) is 6.98. The second-order valence-electron chi connectivity index (χ2n) is 5.44. The van der Waals surface area contributed by atoms with Crippen molar-refractivity contribution >= 4 is 5.91 Å². The number of nitrogens with one attached hydrogen (secondary N) is 1. The molecule has 2 saturated heterocycles. The van der Waals surface area contributed by atoms with E-state index in [1.807, 2.05) is 11.8 Å². The summed E-state index contributed by atoms with van der Waals surface area (Å²) < 4.78 is 5.76. The van der Waals surface area contributed by atoms with Crippen LogP contribution in [0.5, 0.6) is 0 Å². The predicted molar refractivity (Wildman–Crippen MR) is 70.2 cm³/mol. The molecule has 0 aromatic carbocycles. The highest BCUT2D eigenvalue weighted by molar-refractivity contribution is 5.83. The van der Waals surface area contributed by atoms with Gasteiger partial charge < -0.3 is 14.5 Å². The third-order valence-electron chi connectivity index (χ3n) is 3.78. The van der Waals surface area contributed by atoms with Crippen molar-refractivity contribution in [2.45, 2.75) is 45.0 Å². The summed E-state index contributed by atoms with van der Waals surface area (Å²) >= 11 is 0. The second-order valence-corrected chi connectivity index (χ2v) is 5.44. The van der Waals surface area contributed by atoms with Crippen LogP contribution in [0.1, 0.15) is 26.7 Å². The van der Waals surface area contributed by atoms with Crippen LogP contribution in [0.3, 0.4) is 0 Å². The quantitative estimate of drug-likeness (QED) is 0.783. The monoisotopic (exact) mass is 255 g/mol. The van der Waals surface area contributed by atoms with Gasteiger partial charge in [0, 0.05) is 19.6 Å². The van der Waals surface area contributed by atoms with Crippen LogP contribution in [0.25, 0.3) is 0 Å². The lowest BCUT2D eigenvalue weighted by Gasteiger charge is -2.34. The molecule has 5 heteroatoms. The molecule has 0 aromatic rings. The standard InChI is InChI=1S/C13H25N3O2/c1-4-5-12-14-10(2)13(17)16(12)9-11-8-15(3)6-7-18-11/h10-12,14H,4-9H2,1-3H3. The number of carbonyl (C=O) groups is 1. The van der Waals surface area contributed by atoms with Gasteiger partial charge in [-0.1, -0.05) is 13.3 Å². The summed E-state index contributed by atoms with van der Waals surface area (Å²) in [6.45, 7) is 7.47. The number of hydrogen-bond acceptors (Lipinski definition) is 4. The smallest absolute Gasteiger partial charge is 0.240 e. The zero-order valence-electron chi connectivity index (χ0n) is 11.7. The number of likely N-dealkylation sites (N-methyl/N-ethyl adjacent to an activating group) is 1. The summed E-state index contributed by atoms with van der Waals surface area (Å²) in [5, 5.41) is 3.36. The van der Waals surface area contributed by atoms with Crippen LogP contribution in [0, 0.1) is 0 Å². The molecule has 0 saturated carbocycles. The molecule has 0 aromatic heterocycles. The third kappa shape index (κ3) is 3.02. The lowest BCUT2D eigenvalue weighted by atomic mass is 10.2. The molecular formula is C13H25N3O2. The Labute approximate surface area is 109 Å². The summed E-state index contributed by atoms with van der Waals surface area (Å²) in [5.41, 5.74) is 0. The van der Waals surface area contributed by atoms with Crippen molar-refractivity contribution in [3.8, 4) is 0 Å². The molecule has 2 aliphatic rings. The fourth-order valence-electron chi connectivity index (χ4n) is 2.78. The number of morpholine rings is 1. The van der Waals surface area contributed by atoms with Crippen molar-refractivity contribution in [2.24, 2.45) is 0 Å². The Kier molecular flexibility index (Phi) is 4.59. The average Bonchev–Trinajstić information content (AvgIpc) is 2.58. The Bertz CT molecular complexity index is 298. The van der Waals surface area contributed by atoms with Crippen LogP contribution in [0.2, 0.25) is 0 Å². The van der Waals surface area contributed by atoms with E-state index in [0.29, 0.717) is 6.54 Å². The predicted octanol–water partition coefficient (Wildman–Crippen LogP) is 0.264. The Morgan fingerprint density at radius 2 is 2.28 bits per heavy atom. The van der Waals surface area contributed by atoms with Gasteiger partial charge in [0.25, 0.3) is 0 Å². The van der Waals surface area contributed by atoms with E-state index in [-0.39, 0.29) is 24.2 Å². The molecule has 2 rings (SSSR count). The lowest BCUT2D eigenvalue weighted by molar-refractivity contribution is -0.133. The van der Waals surface area contributed by atoms with Gasteiger partial charge in [0.1, 0.15) is 0 Å². The second kappa shape index (κ2) is 5.99. The van der Waals surface area contributed by atoms with Gasteiger partial charge in [-0.3, -0.25) is 10.1 Å². The van der Waals surface area contributed by atoms with E-state index in [0.717, 1.165) is 32.5 Å². The minimum absolute atomic E-state index is 0.0529. The molecule has 0 bridgehead atoms. The maximum absolute atomic E-state index is 12.1. The topological polar surface area (TPSA) is 44.8 Å². The van der Waals surface area contributed by atoms with Crippen LogP contribution in [0.4, 0.5) is 0 Å². The summed E-state index contributed by atoms with van der Waals surface area (Å²) in [6, 6.07) is -0.0529. The highest BCUT2D eigenvalue weighted by Crippen LogP contribution is 2.17. The lowest BCUT2D eigenvalue weighted by Crippen LogP contribution is -2.49. The molecule has 3 atom stereocenters. The van der Waals surface area contributed by atoms with Crippen LogP contribution in [0.15, 0.2) is 0 Å². The van der Waals surface area contributed by atoms with Gasteiger partial charge in [-0.2, -0.15) is 0 Å². The first-order chi connectivity index (χ1) is 8.61. The van der Waals surface area contributed by atoms with E-state index in [9.17, 15) is 4.79 Å². The van der Waals surface area contributed by atoms with E-state index in [4.69, 9.17) is 4.74 Å². The number of amides is 1. The Balaban J connectivity index is 1.94. The zero-order valence-corrected chi connectivity index (χ0v) is 11.7. The van der Waals surface area contributed by atoms with Crippen molar-refractivity contribution in [2.75, 3.05) is 33.3 Å². The van der Waals surface area contributed by atoms with E-state index < -0.39 is 0 Å². The first kappa shape index (κ1) is 13.8. The largest absolute Gasteiger partial charge is 0.374 e. The molecule has 0 aliphatic carbocycles. The summed E-state index contributed by atoms with van der Waals surface area (Å²) in [4.78, 5) is 16.4. The molecule has 3 unspecified atom stereocenters. The van der Waals surface area contributed by atoms with Crippen molar-refractivity contribution in [3.63, 3.8) is 0 Å². The molecule has 2 fully saturated rings. The van der Waals surface area contributed by atoms with Crippen molar-refractivity contribution in [1.82, 2.24) is 15.1 Å². The zero-order chi connectivity index (χ0) is 13.1. The molecular weight excluding hydrogens is 230 g/mol. The number of rotatable bonds is 4. The van der Waals surface area contributed by atoms with Gasteiger partial charge in [0.05, 0.1) is 24.9 Å². The molecule has 1 N–H and O–H groups in total. The molecule has 2 heterocycles. The van der Waals surface area contributed by atoms with Crippen molar-refractivity contribution < 1.29 is 9.53 Å². The molecule has 18 heavy (non-hydrogen) atoms. The third-order valence-corrected chi connectivity index (χ3v) is 3.78. The number of nitrogens with zero attached hydrogens (tertiary/aromatic N) is 2. The van der Waals surface area contributed by atoms with Crippen LogP contribution in [-0.4, -0.2) is 67.3 Å². The van der Waals surface area contributed by atoms with Crippen molar-refractivity contribution in [3.05, 3.63) is 0 Å². The summed E-state index contributed by atoms with van der Waals surface area (Å²) in [5.74, 6) is 0.213. The maximum atomic E-state index is 12.1. The van der Waals surface area contributed by atoms with Gasteiger partial charge in [-0.25, -0.2) is 0 Å². The molecule has 0 radical (unpaired) electrons. The number of ether oxygens (including phenoxy) is 1. The summed E-state index contributed by atoms with van der Waals surface area (Å²) in [6.07, 6.45) is 2.44. The van der Waals surface area contributed by atoms with Gasteiger partial charge in [0.15, 0.2) is 0 Å². The van der Waals surface area contributed by atoms with Gasteiger partial charge in [-0.15, -0.1) is 0 Å². The van der Waals surface area contributed by atoms with Crippen molar-refractivity contribution in [1.29, 1.82) is 0 Å². The molecule has 0 spiro atoms. The fraction of sp³-hybridized carbons (Fsp3) is 0.923. The minimum atomic E-state index is -0.0529. The Hall–Kier alpha value is -0.650. The van der Waals surface area contributed by atoms with Gasteiger partial charge in [0.2, 0.25) is 5.91 Å². The summed E-state index contributed by atoms with van der Waals surface area (Å²) in [7, 11) is 2.10.